The first-order chi connectivity index (χ1) is 23.4. The first-order valence-electron chi connectivity index (χ1n) is 16.4. The van der Waals surface area contributed by atoms with Gasteiger partial charge < -0.3 is 26.2 Å². The predicted octanol–water partition coefficient (Wildman–Crippen LogP) is 4.89. The number of aryl methyl sites for hydroxylation is 2. The lowest BCUT2D eigenvalue weighted by Gasteiger charge is -2.28. The molecule has 5 rings (SSSR count). The lowest BCUT2D eigenvalue weighted by atomic mass is 9.81. The molecule has 1 amide bonds. The monoisotopic (exact) mass is 707 g/mol. The molecule has 5 N–H and O–H groups in total. The molecule has 2 heterocycles. The van der Waals surface area contributed by atoms with Crippen molar-refractivity contribution in [2.75, 3.05) is 59.7 Å². The van der Waals surface area contributed by atoms with Gasteiger partial charge in [0.05, 0.1) is 4.90 Å². The van der Waals surface area contributed by atoms with Crippen LogP contribution in [0.1, 0.15) is 47.4 Å². The Morgan fingerprint density at radius 3 is 2.20 bits per heavy atom. The van der Waals surface area contributed by atoms with Gasteiger partial charge in [0.25, 0.3) is 10.0 Å². The van der Waals surface area contributed by atoms with Gasteiger partial charge in [-0.05, 0) is 107 Å². The van der Waals surface area contributed by atoms with Gasteiger partial charge in [-0.3, -0.25) is 9.52 Å². The molecular weight excluding hydrogens is 663 g/mol. The van der Waals surface area contributed by atoms with E-state index in [0.717, 1.165) is 43.6 Å². The molecule has 0 radical (unpaired) electrons. The Hall–Kier alpha value is -4.41. The molecule has 2 aromatic carbocycles. The summed E-state index contributed by atoms with van der Waals surface area (Å²) < 4.78 is 27.8. The Morgan fingerprint density at radius 2 is 1.55 bits per heavy atom. The normalized spacial score (nSPS) is 16.3. The molecular formula is C33H45N11O3S2. The fourth-order valence-corrected chi connectivity index (χ4v) is 7.34. The van der Waals surface area contributed by atoms with Crippen LogP contribution in [0.2, 0.25) is 0 Å². The average Bonchev–Trinajstić information content (AvgIpc) is 3.48. The number of aromatic nitrogens is 5. The first kappa shape index (κ1) is 35.9. The van der Waals surface area contributed by atoms with Gasteiger partial charge in [0.1, 0.15) is 5.01 Å². The molecule has 0 aliphatic heterocycles. The number of carbonyl (C=O) groups is 1. The molecule has 1 aliphatic carbocycles. The number of rotatable bonds is 15. The molecule has 0 unspecified atom stereocenters. The van der Waals surface area contributed by atoms with Crippen molar-refractivity contribution in [2.45, 2.75) is 57.9 Å². The number of anilines is 5. The van der Waals surface area contributed by atoms with Crippen molar-refractivity contribution < 1.29 is 13.2 Å². The Kier molecular flexibility index (Phi) is 12.0. The minimum absolute atomic E-state index is 0.0602. The van der Waals surface area contributed by atoms with Gasteiger partial charge in [-0.1, -0.05) is 29.5 Å². The van der Waals surface area contributed by atoms with Crippen LogP contribution >= 0.6 is 11.3 Å². The van der Waals surface area contributed by atoms with Crippen LogP contribution in [0.3, 0.4) is 0 Å². The largest absolute Gasteiger partial charge is 0.354 e. The van der Waals surface area contributed by atoms with Crippen LogP contribution in [0, 0.1) is 32.6 Å². The number of nitrogens with zero attached hydrogens (tertiary/aromatic N) is 6. The van der Waals surface area contributed by atoms with Gasteiger partial charge >= 0.3 is 0 Å². The second-order valence-electron chi connectivity index (χ2n) is 12.6. The molecule has 0 spiro atoms. The summed E-state index contributed by atoms with van der Waals surface area (Å²) in [6, 6.07) is 12.4. The third-order valence-electron chi connectivity index (χ3n) is 8.58. The maximum absolute atomic E-state index is 13.1. The minimum Gasteiger partial charge on any atom is -0.354 e. The molecule has 16 heteroatoms. The molecule has 2 aromatic heterocycles. The Balaban J connectivity index is 1.12. The Bertz CT molecular complexity index is 1820. The second kappa shape index (κ2) is 16.3. The van der Waals surface area contributed by atoms with E-state index in [0.29, 0.717) is 54.1 Å². The quantitative estimate of drug-likeness (QED) is 0.113. The summed E-state index contributed by atoms with van der Waals surface area (Å²) in [5.41, 5.74) is 4.22. The van der Waals surface area contributed by atoms with Crippen LogP contribution in [0.5, 0.6) is 0 Å². The van der Waals surface area contributed by atoms with Crippen molar-refractivity contribution in [3.63, 3.8) is 0 Å². The van der Waals surface area contributed by atoms with Gasteiger partial charge in [0, 0.05) is 37.8 Å². The average molecular weight is 708 g/mol. The SMILES string of the molecule is Cc1nnc(NS(=O)(=O)c2ccc(NC(=O)C3CCC(CNc4nc(NCCN(C)C)nc(NCc5cccc(C)c5C)n4)CC3)cc2)s1. The summed E-state index contributed by atoms with van der Waals surface area (Å²) in [5, 5.41) is 21.6. The van der Waals surface area contributed by atoms with Gasteiger partial charge in [-0.15, -0.1) is 10.2 Å². The summed E-state index contributed by atoms with van der Waals surface area (Å²) in [7, 11) is 0.232. The number of likely N-dealkylation sites (N-methyl/N-ethyl adjacent to an activating group) is 1. The summed E-state index contributed by atoms with van der Waals surface area (Å²) in [5.74, 6) is 1.70. The zero-order valence-corrected chi connectivity index (χ0v) is 30.2. The standard InChI is InChI=1S/C33H45N11O3S2/c1-21-7-6-8-26(22(21)2)20-36-32-39-30(34-17-18-44(4)5)38-31(40-32)35-19-24-9-11-25(12-10-24)29(45)37-27-13-15-28(16-14-27)49(46,47)43-33-42-41-23(3)48-33/h6-8,13-16,24-25H,9-12,17-20H2,1-5H3,(H,37,45)(H,42,43)(H3,34,35,36,38,39,40). The molecule has 0 bridgehead atoms. The zero-order chi connectivity index (χ0) is 35.0. The van der Waals surface area contributed by atoms with Crippen molar-refractivity contribution in [3.05, 3.63) is 64.2 Å². The second-order valence-corrected chi connectivity index (χ2v) is 15.5. The van der Waals surface area contributed by atoms with Crippen LogP contribution < -0.4 is 26.0 Å². The van der Waals surface area contributed by atoms with Crippen LogP contribution in [0.4, 0.5) is 28.7 Å². The molecule has 0 saturated heterocycles. The van der Waals surface area contributed by atoms with E-state index in [9.17, 15) is 13.2 Å². The Morgan fingerprint density at radius 1 is 0.878 bits per heavy atom. The van der Waals surface area contributed by atoms with Crippen LogP contribution in [-0.4, -0.2) is 78.1 Å². The van der Waals surface area contributed by atoms with Crippen molar-refractivity contribution >= 4 is 55.9 Å². The van der Waals surface area contributed by atoms with E-state index in [2.05, 4.69) is 88.1 Å². The highest BCUT2D eigenvalue weighted by Gasteiger charge is 2.27. The molecule has 14 nitrogen and oxygen atoms in total. The fraction of sp³-hybridized carbons (Fsp3) is 0.455. The number of carbonyl (C=O) groups excluding carboxylic acids is 1. The van der Waals surface area contributed by atoms with E-state index in [1.807, 2.05) is 14.1 Å². The third-order valence-corrected chi connectivity index (χ3v) is 10.8. The molecule has 4 aromatic rings. The van der Waals surface area contributed by atoms with Crippen LogP contribution in [0.25, 0.3) is 0 Å². The Labute approximate surface area is 292 Å². The number of amides is 1. The molecule has 1 fully saturated rings. The van der Waals surface area contributed by atoms with E-state index in [-0.39, 0.29) is 21.9 Å². The van der Waals surface area contributed by atoms with Gasteiger partial charge in [0.2, 0.25) is 28.9 Å². The van der Waals surface area contributed by atoms with Crippen LogP contribution in [-0.2, 0) is 21.4 Å². The van der Waals surface area contributed by atoms with Gasteiger partial charge in [-0.25, -0.2) is 8.42 Å². The maximum Gasteiger partial charge on any atom is 0.263 e. The lowest BCUT2D eigenvalue weighted by Crippen LogP contribution is -2.29. The van der Waals surface area contributed by atoms with Crippen molar-refractivity contribution in [1.82, 2.24) is 30.0 Å². The minimum atomic E-state index is -3.81. The van der Waals surface area contributed by atoms with Gasteiger partial charge in [0.15, 0.2) is 0 Å². The lowest BCUT2D eigenvalue weighted by molar-refractivity contribution is -0.121. The number of nitrogens with one attached hydrogen (secondary N) is 5. The van der Waals surface area contributed by atoms with E-state index in [1.54, 1.807) is 19.1 Å². The number of benzene rings is 2. The highest BCUT2D eigenvalue weighted by atomic mass is 32.2. The molecule has 0 atom stereocenters. The number of sulfonamides is 1. The first-order valence-corrected chi connectivity index (χ1v) is 18.7. The molecule has 1 aliphatic rings. The molecule has 262 valence electrons. The van der Waals surface area contributed by atoms with Gasteiger partial charge in [-0.2, -0.15) is 15.0 Å². The zero-order valence-electron chi connectivity index (χ0n) is 28.6. The summed E-state index contributed by atoms with van der Waals surface area (Å²) >= 11 is 1.16. The highest BCUT2D eigenvalue weighted by Crippen LogP contribution is 2.30. The summed E-state index contributed by atoms with van der Waals surface area (Å²) in [4.78, 5) is 29.1. The molecule has 1 saturated carbocycles. The highest BCUT2D eigenvalue weighted by molar-refractivity contribution is 7.93. The fourth-order valence-electron chi connectivity index (χ4n) is 5.52. The topological polar surface area (TPSA) is 179 Å². The smallest absolute Gasteiger partial charge is 0.263 e. The van der Waals surface area contributed by atoms with Crippen molar-refractivity contribution in [1.29, 1.82) is 0 Å². The van der Waals surface area contributed by atoms with E-state index in [4.69, 9.17) is 0 Å². The van der Waals surface area contributed by atoms with E-state index < -0.39 is 10.0 Å². The number of hydrogen-bond donors (Lipinski definition) is 5. The predicted molar refractivity (Wildman–Crippen MR) is 195 cm³/mol. The summed E-state index contributed by atoms with van der Waals surface area (Å²) in [6.07, 6.45) is 3.28. The van der Waals surface area contributed by atoms with Crippen molar-refractivity contribution in [3.8, 4) is 0 Å². The molecule has 49 heavy (non-hydrogen) atoms. The number of hydrogen-bond acceptors (Lipinski definition) is 13. The van der Waals surface area contributed by atoms with E-state index in [1.165, 1.54) is 28.8 Å². The van der Waals surface area contributed by atoms with Crippen molar-refractivity contribution in [2.24, 2.45) is 11.8 Å². The summed E-state index contributed by atoms with van der Waals surface area (Å²) in [6.45, 7) is 8.80. The van der Waals surface area contributed by atoms with E-state index >= 15 is 0 Å². The maximum atomic E-state index is 13.1. The third kappa shape index (κ3) is 10.3. The van der Waals surface area contributed by atoms with Crippen LogP contribution in [0.15, 0.2) is 47.4 Å².